The molecule has 19 heavy (non-hydrogen) atoms. The van der Waals surface area contributed by atoms with E-state index in [-0.39, 0.29) is 5.91 Å². The normalized spacial score (nSPS) is 14.2. The van der Waals surface area contributed by atoms with E-state index in [1.165, 1.54) is 18.1 Å². The monoisotopic (exact) mass is 281 g/mol. The summed E-state index contributed by atoms with van der Waals surface area (Å²) in [6.45, 7) is 2.08. The highest BCUT2D eigenvalue weighted by Gasteiger charge is 2.23. The number of amides is 1. The average Bonchev–Trinajstić information content (AvgIpc) is 3.21. The van der Waals surface area contributed by atoms with Crippen LogP contribution in [0.2, 0.25) is 0 Å². The SMILES string of the molecule is CCCc1c(NN)ncnc1SCC(=O)NC1CC1. The van der Waals surface area contributed by atoms with Crippen LogP contribution < -0.4 is 16.6 Å². The Bertz CT molecular complexity index is 450. The zero-order chi connectivity index (χ0) is 13.7. The molecule has 1 amide bonds. The molecule has 1 fully saturated rings. The van der Waals surface area contributed by atoms with E-state index in [1.54, 1.807) is 0 Å². The molecule has 0 radical (unpaired) electrons. The Balaban J connectivity index is 1.99. The predicted molar refractivity (Wildman–Crippen MR) is 75.7 cm³/mol. The standard InChI is InChI=1S/C12H19N5OS/c1-2-3-9-11(17-13)14-7-15-12(9)19-6-10(18)16-8-4-5-8/h7-8H,2-6,13H2,1H3,(H,16,18)(H,14,15,17). The smallest absolute Gasteiger partial charge is 0.230 e. The Morgan fingerprint density at radius 1 is 1.53 bits per heavy atom. The van der Waals surface area contributed by atoms with Crippen LogP contribution in [0.5, 0.6) is 0 Å². The van der Waals surface area contributed by atoms with Crippen molar-refractivity contribution in [1.82, 2.24) is 15.3 Å². The molecule has 1 aliphatic carbocycles. The summed E-state index contributed by atoms with van der Waals surface area (Å²) in [4.78, 5) is 20.0. The van der Waals surface area contributed by atoms with Crippen molar-refractivity contribution in [2.24, 2.45) is 5.84 Å². The van der Waals surface area contributed by atoms with Gasteiger partial charge in [0, 0.05) is 11.6 Å². The van der Waals surface area contributed by atoms with Crippen molar-refractivity contribution in [3.8, 4) is 0 Å². The Labute approximate surface area is 116 Å². The molecule has 7 heteroatoms. The number of hydrogen-bond donors (Lipinski definition) is 3. The first-order chi connectivity index (χ1) is 9.24. The number of thioether (sulfide) groups is 1. The fraction of sp³-hybridized carbons (Fsp3) is 0.583. The first-order valence-corrected chi connectivity index (χ1v) is 7.45. The summed E-state index contributed by atoms with van der Waals surface area (Å²) in [5.41, 5.74) is 3.57. The quantitative estimate of drug-likeness (QED) is 0.300. The molecule has 6 nitrogen and oxygen atoms in total. The van der Waals surface area contributed by atoms with Gasteiger partial charge in [-0.25, -0.2) is 15.8 Å². The number of carbonyl (C=O) groups is 1. The molecule has 0 saturated heterocycles. The highest BCUT2D eigenvalue weighted by atomic mass is 32.2. The molecule has 0 bridgehead atoms. The summed E-state index contributed by atoms with van der Waals surface area (Å²) in [7, 11) is 0. The summed E-state index contributed by atoms with van der Waals surface area (Å²) >= 11 is 1.44. The lowest BCUT2D eigenvalue weighted by atomic mass is 10.2. The third-order valence-electron chi connectivity index (χ3n) is 2.82. The van der Waals surface area contributed by atoms with Gasteiger partial charge in [-0.3, -0.25) is 4.79 Å². The van der Waals surface area contributed by atoms with Crippen LogP contribution in [0.15, 0.2) is 11.4 Å². The Kier molecular flexibility index (Phi) is 4.98. The second kappa shape index (κ2) is 6.72. The lowest BCUT2D eigenvalue weighted by Gasteiger charge is -2.11. The summed E-state index contributed by atoms with van der Waals surface area (Å²) in [5.74, 6) is 6.54. The fourth-order valence-electron chi connectivity index (χ4n) is 1.75. The number of anilines is 1. The molecular weight excluding hydrogens is 262 g/mol. The van der Waals surface area contributed by atoms with Crippen LogP contribution in [0, 0.1) is 0 Å². The molecular formula is C12H19N5OS. The largest absolute Gasteiger partial charge is 0.353 e. The Morgan fingerprint density at radius 3 is 2.95 bits per heavy atom. The van der Waals surface area contributed by atoms with E-state index in [1.807, 2.05) is 0 Å². The zero-order valence-electron chi connectivity index (χ0n) is 11.0. The van der Waals surface area contributed by atoms with E-state index in [9.17, 15) is 4.79 Å². The van der Waals surface area contributed by atoms with Crippen molar-refractivity contribution in [2.75, 3.05) is 11.2 Å². The summed E-state index contributed by atoms with van der Waals surface area (Å²) < 4.78 is 0. The maximum atomic E-state index is 11.7. The average molecular weight is 281 g/mol. The first kappa shape index (κ1) is 14.1. The molecule has 0 atom stereocenters. The highest BCUT2D eigenvalue weighted by molar-refractivity contribution is 7.99. The maximum absolute atomic E-state index is 11.7. The molecule has 1 heterocycles. The van der Waals surface area contributed by atoms with E-state index in [0.29, 0.717) is 17.6 Å². The van der Waals surface area contributed by atoms with Gasteiger partial charge in [-0.05, 0) is 19.3 Å². The van der Waals surface area contributed by atoms with Crippen molar-refractivity contribution in [1.29, 1.82) is 0 Å². The number of nitrogens with one attached hydrogen (secondary N) is 2. The van der Waals surface area contributed by atoms with Gasteiger partial charge >= 0.3 is 0 Å². The first-order valence-electron chi connectivity index (χ1n) is 6.47. The highest BCUT2D eigenvalue weighted by Crippen LogP contribution is 2.26. The van der Waals surface area contributed by atoms with Gasteiger partial charge < -0.3 is 10.7 Å². The Morgan fingerprint density at radius 2 is 2.32 bits per heavy atom. The summed E-state index contributed by atoms with van der Waals surface area (Å²) in [6.07, 6.45) is 5.49. The molecule has 1 aromatic heterocycles. The van der Waals surface area contributed by atoms with Crippen molar-refractivity contribution in [3.63, 3.8) is 0 Å². The van der Waals surface area contributed by atoms with Gasteiger partial charge in [-0.15, -0.1) is 0 Å². The van der Waals surface area contributed by atoms with Crippen molar-refractivity contribution in [2.45, 2.75) is 43.7 Å². The van der Waals surface area contributed by atoms with Crippen LogP contribution in [-0.2, 0) is 11.2 Å². The van der Waals surface area contributed by atoms with Gasteiger partial charge in [-0.2, -0.15) is 0 Å². The second-order valence-electron chi connectivity index (χ2n) is 4.53. The number of rotatable bonds is 7. The number of nitrogens with two attached hydrogens (primary N) is 1. The van der Waals surface area contributed by atoms with E-state index in [0.717, 1.165) is 36.3 Å². The number of hydrogen-bond acceptors (Lipinski definition) is 6. The van der Waals surface area contributed by atoms with E-state index >= 15 is 0 Å². The number of aromatic nitrogens is 2. The second-order valence-corrected chi connectivity index (χ2v) is 5.49. The number of nitrogens with zero attached hydrogens (tertiary/aromatic N) is 2. The molecule has 1 aromatic rings. The van der Waals surface area contributed by atoms with Gasteiger partial charge in [0.1, 0.15) is 17.2 Å². The molecule has 1 aliphatic rings. The van der Waals surface area contributed by atoms with Gasteiger partial charge in [0.25, 0.3) is 0 Å². The number of nitrogen functional groups attached to an aromatic ring is 1. The van der Waals surface area contributed by atoms with Crippen LogP contribution in [0.25, 0.3) is 0 Å². The molecule has 0 aromatic carbocycles. The lowest BCUT2D eigenvalue weighted by molar-refractivity contribution is -0.118. The van der Waals surface area contributed by atoms with E-state index in [2.05, 4.69) is 27.6 Å². The summed E-state index contributed by atoms with van der Waals surface area (Å²) in [5, 5.41) is 3.79. The van der Waals surface area contributed by atoms with Gasteiger partial charge in [-0.1, -0.05) is 25.1 Å². The van der Waals surface area contributed by atoms with Crippen molar-refractivity contribution >= 4 is 23.5 Å². The maximum Gasteiger partial charge on any atom is 0.230 e. The summed E-state index contributed by atoms with van der Waals surface area (Å²) in [6, 6.07) is 0.398. The van der Waals surface area contributed by atoms with Crippen molar-refractivity contribution < 1.29 is 4.79 Å². The molecule has 0 spiro atoms. The predicted octanol–water partition coefficient (Wildman–Crippen LogP) is 1.09. The third kappa shape index (κ3) is 4.07. The molecule has 0 aliphatic heterocycles. The number of carbonyl (C=O) groups excluding carboxylic acids is 1. The van der Waals surface area contributed by atoms with E-state index < -0.39 is 0 Å². The minimum absolute atomic E-state index is 0.0656. The zero-order valence-corrected chi connectivity index (χ0v) is 11.8. The minimum Gasteiger partial charge on any atom is -0.353 e. The topological polar surface area (TPSA) is 92.9 Å². The third-order valence-corrected chi connectivity index (χ3v) is 3.86. The minimum atomic E-state index is 0.0656. The molecule has 0 unspecified atom stereocenters. The van der Waals surface area contributed by atoms with Crippen molar-refractivity contribution in [3.05, 3.63) is 11.9 Å². The molecule has 1 saturated carbocycles. The molecule has 4 N–H and O–H groups in total. The van der Waals surface area contributed by atoms with Crippen LogP contribution in [0.1, 0.15) is 31.7 Å². The van der Waals surface area contributed by atoms with Crippen LogP contribution in [-0.4, -0.2) is 27.7 Å². The van der Waals surface area contributed by atoms with Gasteiger partial charge in [0.05, 0.1) is 5.75 Å². The lowest BCUT2D eigenvalue weighted by Crippen LogP contribution is -2.27. The van der Waals surface area contributed by atoms with Crippen LogP contribution >= 0.6 is 11.8 Å². The van der Waals surface area contributed by atoms with E-state index in [4.69, 9.17) is 5.84 Å². The molecule has 2 rings (SSSR count). The Hall–Kier alpha value is -1.34. The van der Waals surface area contributed by atoms with Crippen LogP contribution in [0.3, 0.4) is 0 Å². The van der Waals surface area contributed by atoms with Crippen LogP contribution in [0.4, 0.5) is 5.82 Å². The van der Waals surface area contributed by atoms with Gasteiger partial charge in [0.2, 0.25) is 5.91 Å². The fourth-order valence-corrected chi connectivity index (χ4v) is 2.60. The molecule has 104 valence electrons. The number of hydrazine groups is 1. The van der Waals surface area contributed by atoms with Gasteiger partial charge in [0.15, 0.2) is 0 Å².